The van der Waals surface area contributed by atoms with E-state index in [0.717, 1.165) is 16.7 Å². The van der Waals surface area contributed by atoms with Gasteiger partial charge in [-0.1, -0.05) is 35.4 Å². The van der Waals surface area contributed by atoms with Crippen LogP contribution < -0.4 is 4.90 Å². The van der Waals surface area contributed by atoms with E-state index in [1.165, 1.54) is 0 Å². The number of ether oxygens (including phenoxy) is 1. The summed E-state index contributed by atoms with van der Waals surface area (Å²) in [7, 11) is 0. The lowest BCUT2D eigenvalue weighted by molar-refractivity contribution is -0.143. The van der Waals surface area contributed by atoms with Gasteiger partial charge in [0.05, 0.1) is 41.4 Å². The van der Waals surface area contributed by atoms with Crippen molar-refractivity contribution in [3.8, 4) is 5.75 Å². The van der Waals surface area contributed by atoms with Crippen molar-refractivity contribution in [3.05, 3.63) is 75.9 Å². The number of allylic oxidation sites excluding steroid dienone is 2. The van der Waals surface area contributed by atoms with Crippen molar-refractivity contribution in [2.45, 2.75) is 51.6 Å². The van der Waals surface area contributed by atoms with Gasteiger partial charge in [0.15, 0.2) is 0 Å². The fourth-order valence-corrected chi connectivity index (χ4v) is 6.26. The highest BCUT2D eigenvalue weighted by molar-refractivity contribution is 6.22. The summed E-state index contributed by atoms with van der Waals surface area (Å²) in [5, 5.41) is 10.0. The van der Waals surface area contributed by atoms with E-state index >= 15 is 0 Å². The van der Waals surface area contributed by atoms with Crippen molar-refractivity contribution in [2.75, 3.05) is 11.5 Å². The SMILES string of the molecule is CC1=C2[C@@H](CC/C(C)=C/c3ccccc3O)OC[C@@H]2[C@@H]2C(=O)N(c3cc(C(F)(F)F)cc(C(F)(F)F)c3)C(=O)[C@@H]2C1. The summed E-state index contributed by atoms with van der Waals surface area (Å²) in [6.07, 6.45) is -7.38. The van der Waals surface area contributed by atoms with Crippen LogP contribution in [0.3, 0.4) is 0 Å². The molecule has 2 saturated heterocycles. The minimum Gasteiger partial charge on any atom is -0.507 e. The highest BCUT2D eigenvalue weighted by Crippen LogP contribution is 2.51. The number of para-hydroxylation sites is 1. The van der Waals surface area contributed by atoms with E-state index in [1.54, 1.807) is 18.2 Å². The number of fused-ring (bicyclic) bond motifs is 3. The third-order valence-corrected chi connectivity index (χ3v) is 8.12. The Labute approximate surface area is 232 Å². The van der Waals surface area contributed by atoms with E-state index in [2.05, 4.69) is 0 Å². The number of carbonyl (C=O) groups excluding carboxylic acids is 2. The van der Waals surface area contributed by atoms with Crippen LogP contribution >= 0.6 is 0 Å². The Bertz CT molecular complexity index is 1430. The smallest absolute Gasteiger partial charge is 0.416 e. The molecule has 0 spiro atoms. The standard InChI is InChI=1S/C30H27F6NO4/c1-15(9-17-5-3-4-6-23(17)38)7-8-24-25-16(2)10-21-26(22(25)14-41-24)28(40)37(27(21)39)20-12-18(29(31,32)33)11-19(13-20)30(34,35)36/h3-6,9,11-13,21-22,24,26,38H,7-8,10,14H2,1-2H3/b15-9+/t21-,22+,24-,26-/m1/s1. The molecule has 2 amide bonds. The third-order valence-electron chi connectivity index (χ3n) is 8.12. The molecule has 4 atom stereocenters. The van der Waals surface area contributed by atoms with E-state index in [-0.39, 0.29) is 30.9 Å². The molecule has 218 valence electrons. The monoisotopic (exact) mass is 579 g/mol. The first kappa shape index (κ1) is 28.9. The van der Waals surface area contributed by atoms with Gasteiger partial charge in [-0.3, -0.25) is 9.59 Å². The van der Waals surface area contributed by atoms with Crippen molar-refractivity contribution in [1.82, 2.24) is 0 Å². The first-order valence-electron chi connectivity index (χ1n) is 13.1. The number of hydrogen-bond donors (Lipinski definition) is 1. The summed E-state index contributed by atoms with van der Waals surface area (Å²) in [5.41, 5.74) is -0.572. The first-order chi connectivity index (χ1) is 19.2. The van der Waals surface area contributed by atoms with E-state index in [1.807, 2.05) is 26.0 Å². The van der Waals surface area contributed by atoms with Gasteiger partial charge in [0, 0.05) is 11.5 Å². The molecule has 2 heterocycles. The molecule has 5 nitrogen and oxygen atoms in total. The molecule has 2 fully saturated rings. The predicted octanol–water partition coefficient (Wildman–Crippen LogP) is 7.15. The topological polar surface area (TPSA) is 66.8 Å². The number of phenols is 1. The lowest BCUT2D eigenvalue weighted by Gasteiger charge is -2.30. The number of anilines is 1. The highest BCUT2D eigenvalue weighted by atomic mass is 19.4. The number of carbonyl (C=O) groups is 2. The Hall–Kier alpha value is -3.60. The number of amides is 2. The number of rotatable bonds is 5. The zero-order valence-electron chi connectivity index (χ0n) is 22.1. The molecule has 5 rings (SSSR count). The molecular weight excluding hydrogens is 552 g/mol. The third kappa shape index (κ3) is 5.39. The minimum absolute atomic E-state index is 0.0314. The van der Waals surface area contributed by atoms with Crippen molar-refractivity contribution >= 4 is 23.6 Å². The average molecular weight is 580 g/mol. The van der Waals surface area contributed by atoms with Gasteiger partial charge in [-0.15, -0.1) is 0 Å². The van der Waals surface area contributed by atoms with Crippen molar-refractivity contribution in [3.63, 3.8) is 0 Å². The number of nitrogens with zero attached hydrogens (tertiary/aromatic N) is 1. The fourth-order valence-electron chi connectivity index (χ4n) is 6.26. The lowest BCUT2D eigenvalue weighted by atomic mass is 9.70. The molecule has 2 aromatic carbocycles. The minimum atomic E-state index is -5.11. The van der Waals surface area contributed by atoms with Crippen LogP contribution in [0.2, 0.25) is 0 Å². The van der Waals surface area contributed by atoms with E-state index in [4.69, 9.17) is 4.74 Å². The Morgan fingerprint density at radius 3 is 2.24 bits per heavy atom. The molecule has 2 aromatic rings. The summed E-state index contributed by atoms with van der Waals surface area (Å²) in [5.74, 6) is -3.82. The number of phenolic OH excluding ortho intramolecular Hbond substituents is 1. The van der Waals surface area contributed by atoms with Crippen LogP contribution in [0.15, 0.2) is 59.2 Å². The van der Waals surface area contributed by atoms with E-state index in [0.29, 0.717) is 35.4 Å². The molecule has 2 aliphatic heterocycles. The largest absolute Gasteiger partial charge is 0.507 e. The zero-order chi connectivity index (χ0) is 29.9. The number of hydrogen-bond acceptors (Lipinski definition) is 4. The van der Waals surface area contributed by atoms with Crippen LogP contribution in [0, 0.1) is 17.8 Å². The molecule has 41 heavy (non-hydrogen) atoms. The molecule has 0 aromatic heterocycles. The van der Waals surface area contributed by atoms with Gasteiger partial charge in [0.2, 0.25) is 11.8 Å². The lowest BCUT2D eigenvalue weighted by Crippen LogP contribution is -2.34. The van der Waals surface area contributed by atoms with Gasteiger partial charge in [-0.25, -0.2) is 4.90 Å². The van der Waals surface area contributed by atoms with Gasteiger partial charge in [-0.05, 0) is 62.9 Å². The zero-order valence-corrected chi connectivity index (χ0v) is 22.1. The normalized spacial score (nSPS) is 25.2. The van der Waals surface area contributed by atoms with Crippen molar-refractivity contribution in [1.29, 1.82) is 0 Å². The molecule has 0 bridgehead atoms. The summed E-state index contributed by atoms with van der Waals surface area (Å²) in [6, 6.07) is 7.69. The molecule has 0 unspecified atom stereocenters. The maximum atomic E-state index is 13.6. The second kappa shape index (κ2) is 10.3. The van der Waals surface area contributed by atoms with Crippen molar-refractivity contribution in [2.24, 2.45) is 17.8 Å². The number of imide groups is 1. The summed E-state index contributed by atoms with van der Waals surface area (Å²) >= 11 is 0. The molecule has 0 saturated carbocycles. The van der Waals surface area contributed by atoms with Crippen LogP contribution in [0.5, 0.6) is 5.75 Å². The summed E-state index contributed by atoms with van der Waals surface area (Å²) < 4.78 is 86.8. The maximum Gasteiger partial charge on any atom is 0.416 e. The Morgan fingerprint density at radius 1 is 1.00 bits per heavy atom. The van der Waals surface area contributed by atoms with E-state index in [9.17, 15) is 41.0 Å². The maximum absolute atomic E-state index is 13.6. The van der Waals surface area contributed by atoms with Crippen LogP contribution in [-0.2, 0) is 26.7 Å². The van der Waals surface area contributed by atoms with Gasteiger partial charge < -0.3 is 9.84 Å². The average Bonchev–Trinajstić information content (AvgIpc) is 3.42. The number of benzene rings is 2. The van der Waals surface area contributed by atoms with Gasteiger partial charge in [-0.2, -0.15) is 26.3 Å². The molecular formula is C30H27F6NO4. The summed E-state index contributed by atoms with van der Waals surface area (Å²) in [6.45, 7) is 3.85. The van der Waals surface area contributed by atoms with Crippen LogP contribution in [-0.4, -0.2) is 29.6 Å². The van der Waals surface area contributed by atoms with Gasteiger partial charge in [0.25, 0.3) is 0 Å². The molecule has 1 aliphatic carbocycles. The molecule has 1 N–H and O–H groups in total. The van der Waals surface area contributed by atoms with E-state index < -0.39 is 58.7 Å². The van der Waals surface area contributed by atoms with Gasteiger partial charge >= 0.3 is 12.4 Å². The Balaban J connectivity index is 1.39. The fraction of sp³-hybridized carbons (Fsp3) is 0.400. The predicted molar refractivity (Wildman–Crippen MR) is 137 cm³/mol. The quantitative estimate of drug-likeness (QED) is 0.232. The van der Waals surface area contributed by atoms with Gasteiger partial charge in [0.1, 0.15) is 5.75 Å². The number of alkyl halides is 6. The van der Waals surface area contributed by atoms with Crippen molar-refractivity contribution < 1.29 is 45.8 Å². The summed E-state index contributed by atoms with van der Waals surface area (Å²) in [4.78, 5) is 27.4. The molecule has 3 aliphatic rings. The second-order valence-electron chi connectivity index (χ2n) is 10.9. The first-order valence-corrected chi connectivity index (χ1v) is 13.1. The van der Waals surface area contributed by atoms with Crippen LogP contribution in [0.25, 0.3) is 6.08 Å². The Morgan fingerprint density at radius 2 is 1.63 bits per heavy atom. The van der Waals surface area contributed by atoms with Crippen LogP contribution in [0.1, 0.15) is 49.8 Å². The highest BCUT2D eigenvalue weighted by Gasteiger charge is 2.57. The molecule has 0 radical (unpaired) electrons. The number of halogens is 6. The molecule has 11 heteroatoms. The number of aromatic hydroxyl groups is 1. The second-order valence-corrected chi connectivity index (χ2v) is 10.9. The van der Waals surface area contributed by atoms with Crippen LogP contribution in [0.4, 0.5) is 32.0 Å². The Kier molecular flexibility index (Phi) is 7.30.